The fourth-order valence-electron chi connectivity index (χ4n) is 2.74. The largest absolute Gasteiger partial charge is 0.449 e. The van der Waals surface area contributed by atoms with Gasteiger partial charge in [-0.1, -0.05) is 19.3 Å². The van der Waals surface area contributed by atoms with E-state index in [0.29, 0.717) is 5.92 Å². The first-order chi connectivity index (χ1) is 7.92. The SMILES string of the molecule is c1oc(CC2CNC2)nc1C1CCCCC1. The van der Waals surface area contributed by atoms with Crippen molar-refractivity contribution in [3.05, 3.63) is 17.8 Å². The van der Waals surface area contributed by atoms with Crippen LogP contribution in [0.1, 0.15) is 49.6 Å². The van der Waals surface area contributed by atoms with Gasteiger partial charge in [-0.05, 0) is 31.8 Å². The van der Waals surface area contributed by atoms with Crippen molar-refractivity contribution in [1.82, 2.24) is 10.3 Å². The van der Waals surface area contributed by atoms with E-state index in [0.717, 1.165) is 31.3 Å². The summed E-state index contributed by atoms with van der Waals surface area (Å²) < 4.78 is 5.59. The van der Waals surface area contributed by atoms with Gasteiger partial charge in [-0.25, -0.2) is 4.98 Å². The van der Waals surface area contributed by atoms with Gasteiger partial charge in [0.25, 0.3) is 0 Å². The van der Waals surface area contributed by atoms with Crippen molar-refractivity contribution >= 4 is 0 Å². The van der Waals surface area contributed by atoms with Gasteiger partial charge in [-0.2, -0.15) is 0 Å². The Morgan fingerprint density at radius 3 is 2.75 bits per heavy atom. The molecule has 2 fully saturated rings. The average Bonchev–Trinajstić information content (AvgIpc) is 2.73. The summed E-state index contributed by atoms with van der Waals surface area (Å²) in [6.07, 6.45) is 9.64. The topological polar surface area (TPSA) is 38.1 Å². The second kappa shape index (κ2) is 4.58. The van der Waals surface area contributed by atoms with E-state index in [1.807, 2.05) is 6.26 Å². The van der Waals surface area contributed by atoms with Crippen LogP contribution in [-0.2, 0) is 6.42 Å². The highest BCUT2D eigenvalue weighted by Crippen LogP contribution is 2.32. The maximum absolute atomic E-state index is 5.59. The van der Waals surface area contributed by atoms with Crippen LogP contribution in [0, 0.1) is 5.92 Å². The lowest BCUT2D eigenvalue weighted by atomic mass is 9.87. The third kappa shape index (κ3) is 2.14. The quantitative estimate of drug-likeness (QED) is 0.850. The van der Waals surface area contributed by atoms with Gasteiger partial charge in [-0.15, -0.1) is 0 Å². The fourth-order valence-corrected chi connectivity index (χ4v) is 2.74. The van der Waals surface area contributed by atoms with Crippen LogP contribution < -0.4 is 5.32 Å². The van der Waals surface area contributed by atoms with Gasteiger partial charge in [0, 0.05) is 12.3 Å². The summed E-state index contributed by atoms with van der Waals surface area (Å²) in [7, 11) is 0. The van der Waals surface area contributed by atoms with Crippen molar-refractivity contribution in [2.24, 2.45) is 5.92 Å². The van der Waals surface area contributed by atoms with E-state index < -0.39 is 0 Å². The molecule has 0 unspecified atom stereocenters. The second-order valence-electron chi connectivity index (χ2n) is 5.23. The normalized spacial score (nSPS) is 23.2. The molecule has 0 amide bonds. The zero-order valence-corrected chi connectivity index (χ0v) is 9.74. The molecule has 2 aliphatic rings. The Morgan fingerprint density at radius 2 is 2.06 bits per heavy atom. The summed E-state index contributed by atoms with van der Waals surface area (Å²) in [5.41, 5.74) is 1.21. The van der Waals surface area contributed by atoms with E-state index in [-0.39, 0.29) is 0 Å². The molecular formula is C13H20N2O. The minimum absolute atomic E-state index is 0.672. The summed E-state index contributed by atoms with van der Waals surface area (Å²) in [4.78, 5) is 4.66. The molecule has 1 aromatic rings. The lowest BCUT2D eigenvalue weighted by molar-refractivity contribution is 0.318. The Hall–Kier alpha value is -0.830. The second-order valence-corrected chi connectivity index (χ2v) is 5.23. The number of oxazole rings is 1. The number of hydrogen-bond donors (Lipinski definition) is 1. The van der Waals surface area contributed by atoms with Gasteiger partial charge in [-0.3, -0.25) is 0 Å². The number of rotatable bonds is 3. The third-order valence-corrected chi connectivity index (χ3v) is 3.92. The van der Waals surface area contributed by atoms with Gasteiger partial charge < -0.3 is 9.73 Å². The molecule has 0 radical (unpaired) electrons. The molecule has 3 nitrogen and oxygen atoms in total. The van der Waals surface area contributed by atoms with E-state index in [9.17, 15) is 0 Å². The van der Waals surface area contributed by atoms with Crippen molar-refractivity contribution in [3.8, 4) is 0 Å². The zero-order valence-electron chi connectivity index (χ0n) is 9.74. The molecule has 2 heterocycles. The van der Waals surface area contributed by atoms with Crippen LogP contribution in [0.5, 0.6) is 0 Å². The Labute approximate surface area is 96.6 Å². The van der Waals surface area contributed by atoms with E-state index in [1.54, 1.807) is 0 Å². The van der Waals surface area contributed by atoms with Crippen molar-refractivity contribution < 1.29 is 4.42 Å². The van der Waals surface area contributed by atoms with Gasteiger partial charge in [0.05, 0.1) is 5.69 Å². The first-order valence-electron chi connectivity index (χ1n) is 6.57. The molecule has 0 aromatic carbocycles. The highest BCUT2D eigenvalue weighted by Gasteiger charge is 2.22. The summed E-state index contributed by atoms with van der Waals surface area (Å²) >= 11 is 0. The van der Waals surface area contributed by atoms with Gasteiger partial charge >= 0.3 is 0 Å². The van der Waals surface area contributed by atoms with Crippen LogP contribution in [0.3, 0.4) is 0 Å². The molecule has 1 aliphatic carbocycles. The molecule has 1 N–H and O–H groups in total. The summed E-state index contributed by atoms with van der Waals surface area (Å²) in [5.74, 6) is 2.37. The van der Waals surface area contributed by atoms with Crippen LogP contribution in [0.2, 0.25) is 0 Å². The predicted molar refractivity (Wildman–Crippen MR) is 62.4 cm³/mol. The Bertz CT molecular complexity index is 337. The fraction of sp³-hybridized carbons (Fsp3) is 0.769. The summed E-state index contributed by atoms with van der Waals surface area (Å²) in [6.45, 7) is 2.25. The molecule has 16 heavy (non-hydrogen) atoms. The molecular weight excluding hydrogens is 200 g/mol. The number of nitrogens with one attached hydrogen (secondary N) is 1. The Morgan fingerprint density at radius 1 is 1.25 bits per heavy atom. The van der Waals surface area contributed by atoms with Crippen molar-refractivity contribution in [3.63, 3.8) is 0 Å². The third-order valence-electron chi connectivity index (χ3n) is 3.92. The van der Waals surface area contributed by atoms with Crippen LogP contribution in [-0.4, -0.2) is 18.1 Å². The van der Waals surface area contributed by atoms with Crippen LogP contribution in [0.25, 0.3) is 0 Å². The van der Waals surface area contributed by atoms with Crippen molar-refractivity contribution in [1.29, 1.82) is 0 Å². The molecule has 1 saturated carbocycles. The number of nitrogens with zero attached hydrogens (tertiary/aromatic N) is 1. The maximum atomic E-state index is 5.59. The monoisotopic (exact) mass is 220 g/mol. The van der Waals surface area contributed by atoms with Crippen LogP contribution in [0.15, 0.2) is 10.7 Å². The average molecular weight is 220 g/mol. The van der Waals surface area contributed by atoms with Gasteiger partial charge in [0.15, 0.2) is 5.89 Å². The highest BCUT2D eigenvalue weighted by molar-refractivity contribution is 5.06. The first-order valence-corrected chi connectivity index (χ1v) is 6.57. The van der Waals surface area contributed by atoms with E-state index >= 15 is 0 Å². The molecule has 1 aromatic heterocycles. The van der Waals surface area contributed by atoms with E-state index in [2.05, 4.69) is 10.3 Å². The zero-order chi connectivity index (χ0) is 10.8. The lowest BCUT2D eigenvalue weighted by Gasteiger charge is -2.25. The molecule has 1 aliphatic heterocycles. The molecule has 88 valence electrons. The molecule has 0 atom stereocenters. The number of hydrogen-bond acceptors (Lipinski definition) is 3. The minimum Gasteiger partial charge on any atom is -0.449 e. The standard InChI is InChI=1S/C13H20N2O/c1-2-4-11(5-3-1)12-9-16-13(15-12)6-10-7-14-8-10/h9-11,14H,1-8H2. The number of aromatic nitrogens is 1. The highest BCUT2D eigenvalue weighted by atomic mass is 16.3. The van der Waals surface area contributed by atoms with E-state index in [1.165, 1.54) is 37.8 Å². The molecule has 0 bridgehead atoms. The maximum Gasteiger partial charge on any atom is 0.194 e. The van der Waals surface area contributed by atoms with E-state index in [4.69, 9.17) is 4.42 Å². The molecule has 1 saturated heterocycles. The predicted octanol–water partition coefficient (Wildman–Crippen LogP) is 2.48. The Balaban J connectivity index is 1.61. The smallest absolute Gasteiger partial charge is 0.194 e. The minimum atomic E-state index is 0.672. The van der Waals surface area contributed by atoms with Gasteiger partial charge in [0.2, 0.25) is 0 Å². The lowest BCUT2D eigenvalue weighted by Crippen LogP contribution is -2.43. The molecule has 0 spiro atoms. The molecule has 3 heteroatoms. The first kappa shape index (κ1) is 10.3. The van der Waals surface area contributed by atoms with Crippen molar-refractivity contribution in [2.45, 2.75) is 44.4 Å². The van der Waals surface area contributed by atoms with Gasteiger partial charge in [0.1, 0.15) is 6.26 Å². The molecule has 3 rings (SSSR count). The van der Waals surface area contributed by atoms with Crippen molar-refractivity contribution in [2.75, 3.05) is 13.1 Å². The summed E-state index contributed by atoms with van der Waals surface area (Å²) in [6, 6.07) is 0. The van der Waals surface area contributed by atoms with Crippen LogP contribution >= 0.6 is 0 Å². The van der Waals surface area contributed by atoms with Crippen LogP contribution in [0.4, 0.5) is 0 Å². The Kier molecular flexibility index (Phi) is 2.96. The summed E-state index contributed by atoms with van der Waals surface area (Å²) in [5, 5.41) is 3.28.